The molecule has 4 rings (SSSR count). The normalized spacial score (nSPS) is 17.9. The van der Waals surface area contributed by atoms with Gasteiger partial charge in [0, 0.05) is 19.2 Å². The zero-order valence-electron chi connectivity index (χ0n) is 15.9. The van der Waals surface area contributed by atoms with Gasteiger partial charge in [-0.3, -0.25) is 9.79 Å². The predicted molar refractivity (Wildman–Crippen MR) is 113 cm³/mol. The summed E-state index contributed by atoms with van der Waals surface area (Å²) in [7, 11) is 1.78. The van der Waals surface area contributed by atoms with Crippen LogP contribution >= 0.6 is 0 Å². The van der Waals surface area contributed by atoms with Crippen LogP contribution < -0.4 is 0 Å². The van der Waals surface area contributed by atoms with E-state index in [1.165, 1.54) is 16.7 Å². The van der Waals surface area contributed by atoms with Crippen molar-refractivity contribution in [2.24, 2.45) is 10.9 Å². The molecule has 3 aromatic rings. The molecule has 0 bridgehead atoms. The quantitative estimate of drug-likeness (QED) is 0.545. The number of Topliss-reactive ketones (excluding diaryl/α,β-unsaturated/α-hetero) is 1. The van der Waals surface area contributed by atoms with Crippen molar-refractivity contribution < 1.29 is 4.79 Å². The van der Waals surface area contributed by atoms with Gasteiger partial charge in [-0.05, 0) is 41.5 Å². The van der Waals surface area contributed by atoms with Crippen molar-refractivity contribution in [1.82, 2.24) is 0 Å². The summed E-state index contributed by atoms with van der Waals surface area (Å²) >= 11 is 0. The Morgan fingerprint density at radius 3 is 1.93 bits per heavy atom. The van der Waals surface area contributed by atoms with Crippen LogP contribution in [-0.2, 0) is 4.79 Å². The standard InChI is InChI=1S/C14H13N.C11H12O/c1-15-11-12-7-9-14(10-8-12)13-5-3-2-4-6-13;1-8(12)10-7-11(10)9-5-3-2-4-6-9/h2-11H,1H3;2-6,10-11H,7H2,1H3. The van der Waals surface area contributed by atoms with E-state index in [4.69, 9.17) is 0 Å². The average molecular weight is 355 g/mol. The number of hydrogen-bond donors (Lipinski definition) is 0. The maximum absolute atomic E-state index is 11.0. The average Bonchev–Trinajstić information content (AvgIpc) is 3.52. The van der Waals surface area contributed by atoms with Crippen molar-refractivity contribution >= 4 is 12.0 Å². The number of carbonyl (C=O) groups is 1. The Hall–Kier alpha value is -3.00. The summed E-state index contributed by atoms with van der Waals surface area (Å²) in [5.41, 5.74) is 4.94. The second-order valence-electron chi connectivity index (χ2n) is 6.85. The van der Waals surface area contributed by atoms with E-state index >= 15 is 0 Å². The molecule has 2 heteroatoms. The van der Waals surface area contributed by atoms with Crippen LogP contribution in [0.2, 0.25) is 0 Å². The highest BCUT2D eigenvalue weighted by molar-refractivity contribution is 5.82. The van der Waals surface area contributed by atoms with E-state index in [9.17, 15) is 4.79 Å². The van der Waals surface area contributed by atoms with E-state index in [1.807, 2.05) is 30.5 Å². The first kappa shape index (κ1) is 18.8. The van der Waals surface area contributed by atoms with Gasteiger partial charge < -0.3 is 0 Å². The Morgan fingerprint density at radius 2 is 1.41 bits per heavy atom. The molecule has 1 aliphatic carbocycles. The summed E-state index contributed by atoms with van der Waals surface area (Å²) in [6.45, 7) is 1.69. The Kier molecular flexibility index (Phi) is 6.32. The lowest BCUT2D eigenvalue weighted by atomic mass is 10.0. The molecule has 0 aliphatic heterocycles. The summed E-state index contributed by atoms with van der Waals surface area (Å²) in [5, 5.41) is 0. The first-order chi connectivity index (χ1) is 13.2. The topological polar surface area (TPSA) is 29.4 Å². The van der Waals surface area contributed by atoms with Crippen LogP contribution in [0.4, 0.5) is 0 Å². The smallest absolute Gasteiger partial charge is 0.133 e. The highest BCUT2D eigenvalue weighted by atomic mass is 16.1. The molecular formula is C25H25NO. The summed E-state index contributed by atoms with van der Waals surface area (Å²) in [5.74, 6) is 1.17. The molecule has 3 aromatic carbocycles. The molecule has 0 N–H and O–H groups in total. The Bertz CT molecular complexity index is 883. The molecule has 0 saturated heterocycles. The van der Waals surface area contributed by atoms with Crippen LogP contribution in [0.15, 0.2) is 89.9 Å². The fraction of sp³-hybridized carbons (Fsp3) is 0.200. The molecule has 2 nitrogen and oxygen atoms in total. The summed E-state index contributed by atoms with van der Waals surface area (Å²) in [6.07, 6.45) is 2.91. The zero-order valence-corrected chi connectivity index (χ0v) is 15.9. The second kappa shape index (κ2) is 9.09. The van der Waals surface area contributed by atoms with E-state index in [0.29, 0.717) is 17.6 Å². The Labute approximate surface area is 161 Å². The monoisotopic (exact) mass is 355 g/mol. The molecule has 0 amide bonds. The van der Waals surface area contributed by atoms with Gasteiger partial charge >= 0.3 is 0 Å². The second-order valence-corrected chi connectivity index (χ2v) is 6.85. The van der Waals surface area contributed by atoms with Crippen molar-refractivity contribution in [3.8, 4) is 11.1 Å². The maximum atomic E-state index is 11.0. The minimum absolute atomic E-state index is 0.312. The molecule has 1 saturated carbocycles. The van der Waals surface area contributed by atoms with Gasteiger partial charge in [-0.2, -0.15) is 0 Å². The highest BCUT2D eigenvalue weighted by Gasteiger charge is 2.41. The first-order valence-electron chi connectivity index (χ1n) is 9.32. The van der Waals surface area contributed by atoms with Crippen molar-refractivity contribution in [2.75, 3.05) is 7.05 Å². The molecule has 0 aromatic heterocycles. The van der Waals surface area contributed by atoms with Gasteiger partial charge in [0.1, 0.15) is 5.78 Å². The number of hydrogen-bond acceptors (Lipinski definition) is 2. The number of rotatable bonds is 4. The number of nitrogens with zero attached hydrogens (tertiary/aromatic N) is 1. The van der Waals surface area contributed by atoms with Gasteiger partial charge in [0.15, 0.2) is 0 Å². The summed E-state index contributed by atoms with van der Waals surface area (Å²) in [6, 6.07) is 29.0. The molecule has 0 radical (unpaired) electrons. The van der Waals surface area contributed by atoms with Gasteiger partial charge in [0.25, 0.3) is 0 Å². The Balaban J connectivity index is 0.000000159. The summed E-state index contributed by atoms with van der Waals surface area (Å²) in [4.78, 5) is 15.0. The van der Waals surface area contributed by atoms with Crippen molar-refractivity contribution in [3.63, 3.8) is 0 Å². The molecule has 1 aliphatic rings. The maximum Gasteiger partial charge on any atom is 0.133 e. The molecule has 27 heavy (non-hydrogen) atoms. The van der Waals surface area contributed by atoms with Gasteiger partial charge in [-0.1, -0.05) is 84.9 Å². The number of ketones is 1. The highest BCUT2D eigenvalue weighted by Crippen LogP contribution is 2.47. The molecule has 2 unspecified atom stereocenters. The zero-order chi connectivity index (χ0) is 19.1. The molecule has 2 atom stereocenters. The molecule has 1 fully saturated rings. The number of aliphatic imine (C=N–C) groups is 1. The number of benzene rings is 3. The van der Waals surface area contributed by atoms with Crippen LogP contribution in [0.3, 0.4) is 0 Å². The lowest BCUT2D eigenvalue weighted by Gasteiger charge is -2.01. The van der Waals surface area contributed by atoms with Gasteiger partial charge in [-0.25, -0.2) is 0 Å². The number of carbonyl (C=O) groups excluding carboxylic acids is 1. The summed E-state index contributed by atoms with van der Waals surface area (Å²) < 4.78 is 0. The van der Waals surface area contributed by atoms with E-state index in [-0.39, 0.29) is 0 Å². The molecular weight excluding hydrogens is 330 g/mol. The van der Waals surface area contributed by atoms with Crippen LogP contribution in [0.5, 0.6) is 0 Å². The van der Waals surface area contributed by atoms with E-state index in [1.54, 1.807) is 14.0 Å². The van der Waals surface area contributed by atoms with Crippen molar-refractivity contribution in [2.45, 2.75) is 19.3 Å². The lowest BCUT2D eigenvalue weighted by molar-refractivity contribution is -0.118. The third-order valence-electron chi connectivity index (χ3n) is 4.84. The Morgan fingerprint density at radius 1 is 0.852 bits per heavy atom. The van der Waals surface area contributed by atoms with Crippen LogP contribution in [0, 0.1) is 5.92 Å². The fourth-order valence-electron chi connectivity index (χ4n) is 3.25. The molecule has 0 heterocycles. The van der Waals surface area contributed by atoms with Gasteiger partial charge in [0.2, 0.25) is 0 Å². The SMILES string of the molecule is CC(=O)C1CC1c1ccccc1.CN=Cc1ccc(-c2ccccc2)cc1. The third-order valence-corrected chi connectivity index (χ3v) is 4.84. The van der Waals surface area contributed by atoms with E-state index in [0.717, 1.165) is 12.0 Å². The van der Waals surface area contributed by atoms with Gasteiger partial charge in [-0.15, -0.1) is 0 Å². The third kappa shape index (κ3) is 5.24. The van der Waals surface area contributed by atoms with Gasteiger partial charge in [0.05, 0.1) is 0 Å². The lowest BCUT2D eigenvalue weighted by Crippen LogP contribution is -1.94. The van der Waals surface area contributed by atoms with Crippen molar-refractivity contribution in [3.05, 3.63) is 96.1 Å². The predicted octanol–water partition coefficient (Wildman–Crippen LogP) is 5.78. The van der Waals surface area contributed by atoms with E-state index < -0.39 is 0 Å². The van der Waals surface area contributed by atoms with E-state index in [2.05, 4.69) is 65.7 Å². The van der Waals surface area contributed by atoms with Crippen LogP contribution in [0.25, 0.3) is 11.1 Å². The first-order valence-corrected chi connectivity index (χ1v) is 9.32. The van der Waals surface area contributed by atoms with Crippen LogP contribution in [-0.4, -0.2) is 19.0 Å². The minimum Gasteiger partial charge on any atom is -0.300 e. The molecule has 136 valence electrons. The minimum atomic E-state index is 0.312. The largest absolute Gasteiger partial charge is 0.300 e. The van der Waals surface area contributed by atoms with Crippen LogP contribution in [0.1, 0.15) is 30.4 Å². The fourth-order valence-corrected chi connectivity index (χ4v) is 3.25. The molecule has 0 spiro atoms. The van der Waals surface area contributed by atoms with Crippen molar-refractivity contribution in [1.29, 1.82) is 0 Å².